The van der Waals surface area contributed by atoms with Gasteiger partial charge in [0.1, 0.15) is 25.2 Å². The first kappa shape index (κ1) is 18.8. The Morgan fingerprint density at radius 1 is 0.920 bits per heavy atom. The van der Waals surface area contributed by atoms with Gasteiger partial charge in [-0.1, -0.05) is 26.0 Å². The van der Waals surface area contributed by atoms with Crippen molar-refractivity contribution >= 4 is 6.29 Å². The summed E-state index contributed by atoms with van der Waals surface area (Å²) in [6.45, 7) is 7.64. The van der Waals surface area contributed by atoms with Gasteiger partial charge in [0.15, 0.2) is 11.5 Å². The largest absolute Gasteiger partial charge is 0.490 e. The number of carbonyl (C=O) groups is 1. The minimum atomic E-state index is 0.396. The lowest BCUT2D eigenvalue weighted by Crippen LogP contribution is -2.10. The molecular weight excluding hydrogens is 316 g/mol. The third-order valence-electron chi connectivity index (χ3n) is 4.07. The maximum absolute atomic E-state index is 10.9. The van der Waals surface area contributed by atoms with Gasteiger partial charge in [-0.25, -0.2) is 0 Å². The molecule has 0 bridgehead atoms. The highest BCUT2D eigenvalue weighted by molar-refractivity contribution is 5.76. The Kier molecular flexibility index (Phi) is 7.33. The van der Waals surface area contributed by atoms with E-state index in [1.54, 1.807) is 18.2 Å². The Bertz CT molecular complexity index is 664. The molecule has 1 atom stereocenters. The molecule has 0 amide bonds. The lowest BCUT2D eigenvalue weighted by atomic mass is 9.99. The van der Waals surface area contributed by atoms with Gasteiger partial charge in [-0.05, 0) is 55.2 Å². The van der Waals surface area contributed by atoms with Crippen molar-refractivity contribution in [3.05, 3.63) is 53.6 Å². The molecule has 1 unspecified atom stereocenters. The van der Waals surface area contributed by atoms with Crippen molar-refractivity contribution in [1.82, 2.24) is 0 Å². The standard InChI is InChI=1S/C21H26O4/c1-4-16(3)18-7-9-19(10-8-18)24-12-13-25-20-11-6-17(15-22)14-21(20)23-5-2/h6-11,14-16H,4-5,12-13H2,1-3H3. The van der Waals surface area contributed by atoms with Gasteiger partial charge in [0.25, 0.3) is 0 Å². The SMILES string of the molecule is CCOc1cc(C=O)ccc1OCCOc1ccc(C(C)CC)cc1. The highest BCUT2D eigenvalue weighted by atomic mass is 16.5. The molecule has 2 aromatic carbocycles. The molecule has 0 aliphatic heterocycles. The summed E-state index contributed by atoms with van der Waals surface area (Å²) in [5.74, 6) is 2.58. The van der Waals surface area contributed by atoms with Crippen LogP contribution in [-0.4, -0.2) is 26.1 Å². The van der Waals surface area contributed by atoms with Gasteiger partial charge >= 0.3 is 0 Å². The van der Waals surface area contributed by atoms with Crippen LogP contribution in [0.4, 0.5) is 0 Å². The molecule has 0 N–H and O–H groups in total. The van der Waals surface area contributed by atoms with Gasteiger partial charge in [-0.15, -0.1) is 0 Å². The van der Waals surface area contributed by atoms with Crippen LogP contribution in [0.25, 0.3) is 0 Å². The molecule has 4 nitrogen and oxygen atoms in total. The second kappa shape index (κ2) is 9.72. The number of rotatable bonds is 10. The van der Waals surface area contributed by atoms with Crippen LogP contribution in [0.5, 0.6) is 17.2 Å². The van der Waals surface area contributed by atoms with Gasteiger partial charge in [-0.3, -0.25) is 4.79 Å². The number of hydrogen-bond donors (Lipinski definition) is 0. The van der Waals surface area contributed by atoms with Gasteiger partial charge in [0.2, 0.25) is 0 Å². The molecule has 0 aromatic heterocycles. The third kappa shape index (κ3) is 5.52. The smallest absolute Gasteiger partial charge is 0.161 e. The molecule has 2 aromatic rings. The van der Waals surface area contributed by atoms with Gasteiger partial charge in [-0.2, -0.15) is 0 Å². The second-order valence-corrected chi connectivity index (χ2v) is 5.83. The van der Waals surface area contributed by atoms with Crippen molar-refractivity contribution in [2.45, 2.75) is 33.1 Å². The fraction of sp³-hybridized carbons (Fsp3) is 0.381. The first-order valence-corrected chi connectivity index (χ1v) is 8.75. The molecule has 0 saturated heterocycles. The molecule has 0 heterocycles. The van der Waals surface area contributed by atoms with Crippen LogP contribution in [0.3, 0.4) is 0 Å². The predicted molar refractivity (Wildman–Crippen MR) is 99.1 cm³/mol. The van der Waals surface area contributed by atoms with Crippen LogP contribution < -0.4 is 14.2 Å². The first-order valence-electron chi connectivity index (χ1n) is 8.75. The molecule has 2 rings (SSSR count). The summed E-state index contributed by atoms with van der Waals surface area (Å²) in [5, 5.41) is 0. The van der Waals surface area contributed by atoms with Gasteiger partial charge < -0.3 is 14.2 Å². The average Bonchev–Trinajstić information content (AvgIpc) is 2.66. The topological polar surface area (TPSA) is 44.8 Å². The van der Waals surface area contributed by atoms with E-state index in [0.717, 1.165) is 18.5 Å². The monoisotopic (exact) mass is 342 g/mol. The summed E-state index contributed by atoms with van der Waals surface area (Å²) in [7, 11) is 0. The normalized spacial score (nSPS) is 11.6. The molecule has 0 fully saturated rings. The van der Waals surface area contributed by atoms with E-state index in [-0.39, 0.29) is 0 Å². The predicted octanol–water partition coefficient (Wildman–Crippen LogP) is 4.87. The zero-order valence-electron chi connectivity index (χ0n) is 15.2. The fourth-order valence-electron chi connectivity index (χ4n) is 2.42. The van der Waals surface area contributed by atoms with E-state index in [0.29, 0.717) is 42.8 Å². The van der Waals surface area contributed by atoms with Crippen molar-refractivity contribution in [2.75, 3.05) is 19.8 Å². The van der Waals surface area contributed by atoms with Gasteiger partial charge in [0.05, 0.1) is 6.61 Å². The molecule has 0 radical (unpaired) electrons. The number of aldehydes is 1. The van der Waals surface area contributed by atoms with Gasteiger partial charge in [0, 0.05) is 5.56 Å². The summed E-state index contributed by atoms with van der Waals surface area (Å²) < 4.78 is 17.0. The third-order valence-corrected chi connectivity index (χ3v) is 4.07. The van der Waals surface area contributed by atoms with Crippen LogP contribution in [0.2, 0.25) is 0 Å². The van der Waals surface area contributed by atoms with Crippen LogP contribution in [0, 0.1) is 0 Å². The quantitative estimate of drug-likeness (QED) is 0.456. The van der Waals surface area contributed by atoms with Crippen LogP contribution >= 0.6 is 0 Å². The second-order valence-electron chi connectivity index (χ2n) is 5.83. The first-order chi connectivity index (χ1) is 12.2. The van der Waals surface area contributed by atoms with Crippen LogP contribution in [0.15, 0.2) is 42.5 Å². The van der Waals surface area contributed by atoms with Crippen LogP contribution in [0.1, 0.15) is 49.0 Å². The van der Waals surface area contributed by atoms with E-state index >= 15 is 0 Å². The Balaban J connectivity index is 1.85. The molecule has 134 valence electrons. The summed E-state index contributed by atoms with van der Waals surface area (Å²) >= 11 is 0. The average molecular weight is 342 g/mol. The van der Waals surface area contributed by atoms with E-state index in [1.807, 2.05) is 19.1 Å². The lowest BCUT2D eigenvalue weighted by molar-refractivity contribution is 0.112. The number of hydrogen-bond acceptors (Lipinski definition) is 4. The van der Waals surface area contributed by atoms with Crippen molar-refractivity contribution in [3.8, 4) is 17.2 Å². The molecule has 0 saturated carbocycles. The highest BCUT2D eigenvalue weighted by Gasteiger charge is 2.07. The van der Waals surface area contributed by atoms with Crippen molar-refractivity contribution in [1.29, 1.82) is 0 Å². The van der Waals surface area contributed by atoms with E-state index in [1.165, 1.54) is 5.56 Å². The van der Waals surface area contributed by atoms with E-state index < -0.39 is 0 Å². The number of carbonyl (C=O) groups excluding carboxylic acids is 1. The Morgan fingerprint density at radius 3 is 2.28 bits per heavy atom. The Morgan fingerprint density at radius 2 is 1.64 bits per heavy atom. The Labute approximate surface area is 149 Å². The molecular formula is C21H26O4. The van der Waals surface area contributed by atoms with Crippen LogP contribution in [-0.2, 0) is 0 Å². The molecule has 0 spiro atoms. The van der Waals surface area contributed by atoms with Crippen molar-refractivity contribution in [2.24, 2.45) is 0 Å². The summed E-state index contributed by atoms with van der Waals surface area (Å²) in [6.07, 6.45) is 1.91. The zero-order valence-corrected chi connectivity index (χ0v) is 15.2. The number of ether oxygens (including phenoxy) is 3. The minimum absolute atomic E-state index is 0.396. The van der Waals surface area contributed by atoms with Crippen molar-refractivity contribution < 1.29 is 19.0 Å². The van der Waals surface area contributed by atoms with Crippen molar-refractivity contribution in [3.63, 3.8) is 0 Å². The summed E-state index contributed by atoms with van der Waals surface area (Å²) in [4.78, 5) is 10.9. The van der Waals surface area contributed by atoms with E-state index in [2.05, 4.69) is 26.0 Å². The summed E-state index contributed by atoms with van der Waals surface area (Å²) in [6, 6.07) is 13.3. The fourth-order valence-corrected chi connectivity index (χ4v) is 2.42. The zero-order chi connectivity index (χ0) is 18.1. The molecule has 25 heavy (non-hydrogen) atoms. The molecule has 0 aliphatic rings. The van der Waals surface area contributed by atoms with E-state index in [9.17, 15) is 4.79 Å². The Hall–Kier alpha value is -2.49. The molecule has 4 heteroatoms. The highest BCUT2D eigenvalue weighted by Crippen LogP contribution is 2.28. The lowest BCUT2D eigenvalue weighted by Gasteiger charge is -2.13. The van der Waals surface area contributed by atoms with E-state index in [4.69, 9.17) is 14.2 Å². The number of benzene rings is 2. The maximum atomic E-state index is 10.9. The maximum Gasteiger partial charge on any atom is 0.161 e. The molecule has 0 aliphatic carbocycles. The summed E-state index contributed by atoms with van der Waals surface area (Å²) in [5.41, 5.74) is 1.89. The minimum Gasteiger partial charge on any atom is -0.490 e.